The lowest BCUT2D eigenvalue weighted by Gasteiger charge is -2.30. The van der Waals surface area contributed by atoms with Crippen molar-refractivity contribution in [3.63, 3.8) is 0 Å². The maximum Gasteiger partial charge on any atom is 0.329 e. The number of aliphatic hydroxyl groups excluding tert-OH is 1. The summed E-state index contributed by atoms with van der Waals surface area (Å²) in [6.07, 6.45) is 5.58. The monoisotopic (exact) mass is 643 g/mol. The molecular formula is C31H42FN7O7. The number of alkyl halides is 1. The lowest BCUT2D eigenvalue weighted by molar-refractivity contribution is -0.159. The normalized spacial score (nSPS) is 26.0. The van der Waals surface area contributed by atoms with E-state index >= 15 is 0 Å². The van der Waals surface area contributed by atoms with Gasteiger partial charge in [-0.2, -0.15) is 0 Å². The highest BCUT2D eigenvalue weighted by Crippen LogP contribution is 2.27. The molecule has 5 unspecified atom stereocenters. The molecule has 1 fully saturated rings. The summed E-state index contributed by atoms with van der Waals surface area (Å²) in [7, 11) is 0. The van der Waals surface area contributed by atoms with E-state index in [-0.39, 0.29) is 62.9 Å². The molecule has 0 aliphatic carbocycles. The van der Waals surface area contributed by atoms with Gasteiger partial charge in [0, 0.05) is 49.9 Å². The number of hydrogen-bond acceptors (Lipinski definition) is 9. The number of hydrogen-bond donors (Lipinski definition) is 3. The summed E-state index contributed by atoms with van der Waals surface area (Å²) < 4.78 is 26.1. The van der Waals surface area contributed by atoms with Crippen LogP contribution in [0.5, 0.6) is 0 Å². The Hall–Kier alpha value is -4.49. The molecule has 0 saturated carbocycles. The second kappa shape index (κ2) is 17.9. The summed E-state index contributed by atoms with van der Waals surface area (Å²) in [5, 5.41) is 19.1. The second-order valence-corrected chi connectivity index (χ2v) is 11.6. The molecule has 46 heavy (non-hydrogen) atoms. The van der Waals surface area contributed by atoms with Crippen molar-refractivity contribution in [3.05, 3.63) is 64.2 Å². The summed E-state index contributed by atoms with van der Waals surface area (Å²) in [5.41, 5.74) is 9.05. The smallest absolute Gasteiger partial charge is 0.329 e. The van der Waals surface area contributed by atoms with Crippen LogP contribution in [0.15, 0.2) is 51.7 Å². The predicted octanol–water partition coefficient (Wildman–Crippen LogP) is 3.10. The number of esters is 1. The van der Waals surface area contributed by atoms with Gasteiger partial charge < -0.3 is 29.8 Å². The van der Waals surface area contributed by atoms with Crippen LogP contribution < -0.4 is 10.6 Å². The number of nitrogens with zero attached hydrogens (tertiary/aromatic N) is 5. The molecule has 2 bridgehead atoms. The minimum absolute atomic E-state index is 0.0108. The van der Waals surface area contributed by atoms with Crippen LogP contribution in [0, 0.1) is 11.8 Å². The molecule has 3 heterocycles. The summed E-state index contributed by atoms with van der Waals surface area (Å²) in [6.45, 7) is 5.94. The van der Waals surface area contributed by atoms with Gasteiger partial charge in [0.05, 0.1) is 12.5 Å². The molecule has 3 rings (SSSR count). The molecule has 0 spiro atoms. The van der Waals surface area contributed by atoms with Gasteiger partial charge in [0.25, 0.3) is 5.91 Å². The fourth-order valence-corrected chi connectivity index (χ4v) is 5.34. The standard InChI is InChI=1S/C31H42FN7O7/c1-19(2)29-21(15-27(42)35-11-12-36-38-33)8-9-26(41)34-10-4-6-20(3)14-23(40)16-22(32)17-28-37-24(18-45-28)30(43)39-13-5-7-25(39)31(44)46-29/h4,6,8-9,14,18-19,21-23,25,29,40H,5,7,10-13,15-17H2,1-3H3,(H,34,41)(H,35,42)/b6-4?,9-8+,20-14?. The van der Waals surface area contributed by atoms with Crippen LogP contribution in [0.4, 0.5) is 4.39 Å². The molecule has 2 aliphatic rings. The maximum absolute atomic E-state index is 14.7. The largest absolute Gasteiger partial charge is 0.460 e. The average molecular weight is 644 g/mol. The van der Waals surface area contributed by atoms with Crippen LogP contribution in [0.3, 0.4) is 0 Å². The third-order valence-corrected chi connectivity index (χ3v) is 7.52. The Kier molecular flexibility index (Phi) is 14.0. The number of rotatable bonds is 6. The average Bonchev–Trinajstić information content (AvgIpc) is 3.68. The quantitative estimate of drug-likeness (QED) is 0.138. The van der Waals surface area contributed by atoms with Crippen LogP contribution in [0.1, 0.15) is 62.8 Å². The van der Waals surface area contributed by atoms with E-state index in [1.165, 1.54) is 23.1 Å². The first-order valence-electron chi connectivity index (χ1n) is 15.3. The number of carbonyl (C=O) groups excluding carboxylic acids is 4. The van der Waals surface area contributed by atoms with Gasteiger partial charge in [0.15, 0.2) is 11.6 Å². The molecule has 250 valence electrons. The van der Waals surface area contributed by atoms with Gasteiger partial charge in [-0.3, -0.25) is 14.4 Å². The van der Waals surface area contributed by atoms with Crippen LogP contribution in [0.25, 0.3) is 10.4 Å². The number of allylic oxidation sites excluding steroid dienone is 2. The molecule has 3 N–H and O–H groups in total. The number of halogens is 1. The predicted molar refractivity (Wildman–Crippen MR) is 165 cm³/mol. The van der Waals surface area contributed by atoms with Gasteiger partial charge in [-0.25, -0.2) is 14.2 Å². The molecule has 0 aromatic carbocycles. The van der Waals surface area contributed by atoms with Crippen molar-refractivity contribution in [1.82, 2.24) is 20.5 Å². The number of cyclic esters (lactones) is 1. The highest BCUT2D eigenvalue weighted by molar-refractivity contribution is 5.95. The minimum Gasteiger partial charge on any atom is -0.460 e. The third-order valence-electron chi connectivity index (χ3n) is 7.52. The Labute approximate surface area is 266 Å². The zero-order valence-electron chi connectivity index (χ0n) is 26.3. The first kappa shape index (κ1) is 36.0. The number of ether oxygens (including phenoxy) is 1. The van der Waals surface area contributed by atoms with Crippen molar-refractivity contribution in [3.8, 4) is 0 Å². The molecule has 1 saturated heterocycles. The van der Waals surface area contributed by atoms with Crippen molar-refractivity contribution in [2.24, 2.45) is 17.0 Å². The number of carbonyl (C=O) groups is 4. The molecule has 1 aromatic rings. The molecule has 15 heteroatoms. The number of aliphatic hydroxyl groups is 1. The number of amides is 3. The Morgan fingerprint density at radius 3 is 2.85 bits per heavy atom. The van der Waals surface area contributed by atoms with Crippen molar-refractivity contribution in [2.75, 3.05) is 26.2 Å². The molecule has 0 radical (unpaired) electrons. The fourth-order valence-electron chi connectivity index (χ4n) is 5.34. The van der Waals surface area contributed by atoms with E-state index in [2.05, 4.69) is 25.6 Å². The Morgan fingerprint density at radius 1 is 1.33 bits per heavy atom. The second-order valence-electron chi connectivity index (χ2n) is 11.6. The zero-order chi connectivity index (χ0) is 33.6. The molecular weight excluding hydrogens is 601 g/mol. The summed E-state index contributed by atoms with van der Waals surface area (Å²) in [4.78, 5) is 60.5. The fraction of sp³-hybridized carbons (Fsp3) is 0.581. The van der Waals surface area contributed by atoms with Crippen LogP contribution >= 0.6 is 0 Å². The van der Waals surface area contributed by atoms with E-state index in [0.717, 1.165) is 6.26 Å². The Bertz CT molecular complexity index is 1370. The van der Waals surface area contributed by atoms with Crippen molar-refractivity contribution in [2.45, 2.75) is 77.3 Å². The van der Waals surface area contributed by atoms with Crippen LogP contribution in [-0.2, 0) is 25.5 Å². The minimum atomic E-state index is -1.50. The van der Waals surface area contributed by atoms with Crippen molar-refractivity contribution >= 4 is 23.7 Å². The van der Waals surface area contributed by atoms with Crippen LogP contribution in [-0.4, -0.2) is 89.3 Å². The first-order chi connectivity index (χ1) is 22.0. The van der Waals surface area contributed by atoms with Gasteiger partial charge in [-0.15, -0.1) is 0 Å². The zero-order valence-corrected chi connectivity index (χ0v) is 26.3. The highest BCUT2D eigenvalue weighted by Gasteiger charge is 2.39. The molecule has 1 aromatic heterocycles. The van der Waals surface area contributed by atoms with Gasteiger partial charge in [-0.05, 0) is 37.3 Å². The van der Waals surface area contributed by atoms with E-state index in [1.807, 2.05) is 13.8 Å². The van der Waals surface area contributed by atoms with Gasteiger partial charge >= 0.3 is 5.97 Å². The van der Waals surface area contributed by atoms with Gasteiger partial charge in [-0.1, -0.05) is 48.8 Å². The first-order valence-corrected chi connectivity index (χ1v) is 15.3. The van der Waals surface area contributed by atoms with E-state index in [9.17, 15) is 28.7 Å². The molecule has 5 atom stereocenters. The molecule has 14 nitrogen and oxygen atoms in total. The van der Waals surface area contributed by atoms with E-state index in [4.69, 9.17) is 14.7 Å². The SMILES string of the molecule is CC1=CC(O)CC(F)Cc2nc(co2)C(=O)N2CCCC2C(=O)OC(C(C)C)C(CC(=O)NCCN=[N+]=[N-])/C=C/C(=O)NCC=C1. The number of nitrogens with one attached hydrogen (secondary N) is 2. The Morgan fingerprint density at radius 2 is 2.11 bits per heavy atom. The lowest BCUT2D eigenvalue weighted by atomic mass is 9.89. The van der Waals surface area contributed by atoms with Crippen molar-refractivity contribution < 1.29 is 37.8 Å². The summed E-state index contributed by atoms with van der Waals surface area (Å²) in [6, 6.07) is -0.924. The van der Waals surface area contributed by atoms with E-state index in [1.54, 1.807) is 19.1 Å². The van der Waals surface area contributed by atoms with Crippen LogP contribution in [0.2, 0.25) is 0 Å². The highest BCUT2D eigenvalue weighted by atomic mass is 19.1. The molecule has 3 amide bonds. The van der Waals surface area contributed by atoms with Gasteiger partial charge in [0.1, 0.15) is 24.6 Å². The summed E-state index contributed by atoms with van der Waals surface area (Å²) in [5.74, 6) is -3.08. The summed E-state index contributed by atoms with van der Waals surface area (Å²) >= 11 is 0. The molecule has 2 aliphatic heterocycles. The third kappa shape index (κ3) is 11.1. The topological polar surface area (TPSA) is 200 Å². The lowest BCUT2D eigenvalue weighted by Crippen LogP contribution is -2.44. The maximum atomic E-state index is 14.7. The Balaban J connectivity index is 1.90. The number of fused-ring (bicyclic) bond motifs is 3. The van der Waals surface area contributed by atoms with Gasteiger partial charge in [0.2, 0.25) is 11.8 Å². The van der Waals surface area contributed by atoms with E-state index in [0.29, 0.717) is 18.4 Å². The number of oxazole rings is 1. The van der Waals surface area contributed by atoms with E-state index < -0.39 is 54.0 Å². The van der Waals surface area contributed by atoms with Crippen molar-refractivity contribution in [1.29, 1.82) is 0 Å². The number of azide groups is 1. The number of aromatic nitrogens is 1.